The number of hydrogen-bond donors (Lipinski definition) is 1. The molecule has 0 amide bonds. The van der Waals surface area contributed by atoms with Gasteiger partial charge in [0.15, 0.2) is 0 Å². The van der Waals surface area contributed by atoms with Gasteiger partial charge < -0.3 is 9.67 Å². The van der Waals surface area contributed by atoms with Gasteiger partial charge >= 0.3 is 0 Å². The van der Waals surface area contributed by atoms with Crippen molar-refractivity contribution in [1.29, 1.82) is 0 Å². The van der Waals surface area contributed by atoms with Gasteiger partial charge in [-0.15, -0.1) is 0 Å². The summed E-state index contributed by atoms with van der Waals surface area (Å²) in [7, 11) is 0. The minimum Gasteiger partial charge on any atom is -0.388 e. The number of aromatic nitrogens is 1. The first-order chi connectivity index (χ1) is 9.65. The van der Waals surface area contributed by atoms with Crippen LogP contribution in [0.5, 0.6) is 0 Å². The summed E-state index contributed by atoms with van der Waals surface area (Å²) in [5.74, 6) is -0.362. The molecular weight excluding hydrogens is 277 g/mol. The van der Waals surface area contributed by atoms with Crippen LogP contribution in [-0.2, 0) is 13.0 Å². The molecule has 0 fully saturated rings. The standard InChI is InChI=1S/C16H17ClFNO/c17-14-6-3-5-12(16(14)18)9-19-8-11-4-1-2-7-15(20)13(11)10-19/h3,5-6,8,10,15,20H,1-2,4,7,9H2. The molecule has 2 aromatic rings. The quantitative estimate of drug-likeness (QED) is 0.829. The Bertz CT molecular complexity index is 623. The predicted molar refractivity (Wildman–Crippen MR) is 77.5 cm³/mol. The van der Waals surface area contributed by atoms with E-state index in [0.29, 0.717) is 12.1 Å². The second kappa shape index (κ2) is 5.58. The van der Waals surface area contributed by atoms with E-state index in [0.717, 1.165) is 31.2 Å². The van der Waals surface area contributed by atoms with Crippen molar-refractivity contribution in [2.45, 2.75) is 38.3 Å². The molecule has 1 heterocycles. The lowest BCUT2D eigenvalue weighted by molar-refractivity contribution is 0.166. The Morgan fingerprint density at radius 3 is 3.00 bits per heavy atom. The van der Waals surface area contributed by atoms with E-state index in [1.54, 1.807) is 18.2 Å². The number of aliphatic hydroxyl groups excluding tert-OH is 1. The number of nitrogens with zero attached hydrogens (tertiary/aromatic N) is 1. The van der Waals surface area contributed by atoms with Crippen LogP contribution in [-0.4, -0.2) is 9.67 Å². The van der Waals surface area contributed by atoms with Gasteiger partial charge in [0.05, 0.1) is 11.1 Å². The molecular formula is C16H17ClFNO. The highest BCUT2D eigenvalue weighted by Crippen LogP contribution is 2.29. The zero-order valence-corrected chi connectivity index (χ0v) is 11.9. The van der Waals surface area contributed by atoms with Gasteiger partial charge in [0.2, 0.25) is 0 Å². The molecule has 20 heavy (non-hydrogen) atoms. The summed E-state index contributed by atoms with van der Waals surface area (Å²) >= 11 is 5.80. The van der Waals surface area contributed by atoms with Gasteiger partial charge in [0.1, 0.15) is 5.82 Å². The van der Waals surface area contributed by atoms with Gasteiger partial charge in [-0.3, -0.25) is 0 Å². The number of halogens is 2. The minimum atomic E-state index is -0.391. The Hall–Kier alpha value is -1.32. The van der Waals surface area contributed by atoms with Crippen molar-refractivity contribution < 1.29 is 9.50 Å². The largest absolute Gasteiger partial charge is 0.388 e. The lowest BCUT2D eigenvalue weighted by Gasteiger charge is -2.07. The fourth-order valence-corrected chi connectivity index (χ4v) is 3.04. The summed E-state index contributed by atoms with van der Waals surface area (Å²) in [5, 5.41) is 10.3. The molecule has 2 nitrogen and oxygen atoms in total. The van der Waals surface area contributed by atoms with Crippen molar-refractivity contribution in [2.24, 2.45) is 0 Å². The fraction of sp³-hybridized carbons (Fsp3) is 0.375. The molecule has 106 valence electrons. The van der Waals surface area contributed by atoms with Crippen LogP contribution < -0.4 is 0 Å². The zero-order chi connectivity index (χ0) is 14.1. The smallest absolute Gasteiger partial charge is 0.146 e. The first kappa shape index (κ1) is 13.7. The number of aliphatic hydroxyl groups is 1. The average Bonchev–Trinajstić information content (AvgIpc) is 2.75. The Morgan fingerprint density at radius 2 is 2.15 bits per heavy atom. The topological polar surface area (TPSA) is 25.2 Å². The SMILES string of the molecule is OC1CCCCc2cn(Cc3cccc(Cl)c3F)cc21. The molecule has 0 aliphatic heterocycles. The van der Waals surface area contributed by atoms with Crippen LogP contribution in [0.3, 0.4) is 0 Å². The van der Waals surface area contributed by atoms with Crippen molar-refractivity contribution in [3.8, 4) is 0 Å². The van der Waals surface area contributed by atoms with Crippen LogP contribution in [0.4, 0.5) is 4.39 Å². The highest BCUT2D eigenvalue weighted by Gasteiger charge is 2.18. The Kier molecular flexibility index (Phi) is 3.81. The fourth-order valence-electron chi connectivity index (χ4n) is 2.85. The van der Waals surface area contributed by atoms with E-state index in [4.69, 9.17) is 11.6 Å². The summed E-state index contributed by atoms with van der Waals surface area (Å²) in [5.41, 5.74) is 2.74. The van der Waals surface area contributed by atoms with Crippen molar-refractivity contribution in [3.63, 3.8) is 0 Å². The molecule has 1 aromatic heterocycles. The van der Waals surface area contributed by atoms with E-state index in [1.807, 2.05) is 17.0 Å². The van der Waals surface area contributed by atoms with Crippen molar-refractivity contribution in [3.05, 3.63) is 58.1 Å². The van der Waals surface area contributed by atoms with Gasteiger partial charge in [-0.1, -0.05) is 30.2 Å². The molecule has 1 aliphatic rings. The molecule has 1 atom stereocenters. The summed E-state index contributed by atoms with van der Waals surface area (Å²) < 4.78 is 15.9. The molecule has 0 bridgehead atoms. The molecule has 1 unspecified atom stereocenters. The lowest BCUT2D eigenvalue weighted by atomic mass is 10.1. The molecule has 0 spiro atoms. The molecule has 3 rings (SSSR count). The van der Waals surface area contributed by atoms with Gasteiger partial charge in [0, 0.05) is 30.1 Å². The zero-order valence-electron chi connectivity index (χ0n) is 11.1. The summed E-state index contributed by atoms with van der Waals surface area (Å²) in [6.07, 6.45) is 7.51. The maximum Gasteiger partial charge on any atom is 0.146 e. The number of benzene rings is 1. The van der Waals surface area contributed by atoms with Gasteiger partial charge in [0.25, 0.3) is 0 Å². The van der Waals surface area contributed by atoms with Crippen LogP contribution in [0.25, 0.3) is 0 Å². The highest BCUT2D eigenvalue weighted by molar-refractivity contribution is 6.30. The molecule has 0 radical (unpaired) electrons. The second-order valence-corrected chi connectivity index (χ2v) is 5.79. The molecule has 1 N–H and O–H groups in total. The van der Waals surface area contributed by atoms with Crippen molar-refractivity contribution >= 4 is 11.6 Å². The molecule has 1 aromatic carbocycles. The normalized spacial score (nSPS) is 18.6. The Balaban J connectivity index is 1.89. The van der Waals surface area contributed by atoms with Crippen LogP contribution in [0.2, 0.25) is 5.02 Å². The van der Waals surface area contributed by atoms with Gasteiger partial charge in [-0.05, 0) is 30.9 Å². The van der Waals surface area contributed by atoms with Gasteiger partial charge in [-0.25, -0.2) is 4.39 Å². The maximum atomic E-state index is 13.9. The van der Waals surface area contributed by atoms with Crippen LogP contribution in [0.15, 0.2) is 30.6 Å². The van der Waals surface area contributed by atoms with Gasteiger partial charge in [-0.2, -0.15) is 0 Å². The summed E-state index contributed by atoms with van der Waals surface area (Å²) in [6.45, 7) is 0.437. The molecule has 1 aliphatic carbocycles. The summed E-state index contributed by atoms with van der Waals surface area (Å²) in [4.78, 5) is 0. The van der Waals surface area contributed by atoms with E-state index in [2.05, 4.69) is 0 Å². The maximum absolute atomic E-state index is 13.9. The van der Waals surface area contributed by atoms with E-state index in [-0.39, 0.29) is 10.8 Å². The minimum absolute atomic E-state index is 0.149. The molecule has 0 saturated carbocycles. The molecule has 0 saturated heterocycles. The Labute approximate surface area is 122 Å². The van der Waals surface area contributed by atoms with E-state index < -0.39 is 6.10 Å². The number of fused-ring (bicyclic) bond motifs is 1. The second-order valence-electron chi connectivity index (χ2n) is 5.39. The van der Waals surface area contributed by atoms with E-state index in [1.165, 1.54) is 5.56 Å². The molecule has 4 heteroatoms. The highest BCUT2D eigenvalue weighted by atomic mass is 35.5. The van der Waals surface area contributed by atoms with E-state index in [9.17, 15) is 9.50 Å². The van der Waals surface area contributed by atoms with Crippen molar-refractivity contribution in [1.82, 2.24) is 4.57 Å². The first-order valence-corrected chi connectivity index (χ1v) is 7.32. The monoisotopic (exact) mass is 293 g/mol. The average molecular weight is 294 g/mol. The number of rotatable bonds is 2. The number of aryl methyl sites for hydroxylation is 1. The lowest BCUT2D eigenvalue weighted by Crippen LogP contribution is -2.00. The van der Waals surface area contributed by atoms with Crippen LogP contribution in [0.1, 0.15) is 42.1 Å². The van der Waals surface area contributed by atoms with Crippen LogP contribution in [0, 0.1) is 5.82 Å². The first-order valence-electron chi connectivity index (χ1n) is 6.94. The van der Waals surface area contributed by atoms with Crippen LogP contribution >= 0.6 is 11.6 Å². The third kappa shape index (κ3) is 2.60. The Morgan fingerprint density at radius 1 is 1.30 bits per heavy atom. The third-order valence-corrected chi connectivity index (χ3v) is 4.21. The number of hydrogen-bond acceptors (Lipinski definition) is 1. The van der Waals surface area contributed by atoms with E-state index >= 15 is 0 Å². The summed E-state index contributed by atoms with van der Waals surface area (Å²) in [6, 6.07) is 5.04. The predicted octanol–water partition coefficient (Wildman–Crippen LogP) is 4.09. The van der Waals surface area contributed by atoms with Crippen molar-refractivity contribution in [2.75, 3.05) is 0 Å². The third-order valence-electron chi connectivity index (χ3n) is 3.91.